The summed E-state index contributed by atoms with van der Waals surface area (Å²) < 4.78 is 0. The number of hydrogen-bond acceptors (Lipinski definition) is 2. The van der Waals surface area contributed by atoms with Crippen LogP contribution < -0.4 is 10.6 Å². The third kappa shape index (κ3) is 5.59. The Labute approximate surface area is 153 Å². The Morgan fingerprint density at radius 1 is 1.08 bits per heavy atom. The molecule has 0 fully saturated rings. The fraction of sp³-hybridized carbons (Fsp3) is 0.263. The summed E-state index contributed by atoms with van der Waals surface area (Å²) >= 11 is 5.88. The lowest BCUT2D eigenvalue weighted by molar-refractivity contribution is -0.682. The first kappa shape index (κ1) is 19.0. The van der Waals surface area contributed by atoms with E-state index >= 15 is 0 Å². The number of nitrogens with two attached hydrogens (primary N) is 1. The van der Waals surface area contributed by atoms with Crippen molar-refractivity contribution in [1.29, 1.82) is 0 Å². The number of benzene rings is 2. The highest BCUT2D eigenvalue weighted by Gasteiger charge is 2.12. The fourth-order valence-electron chi connectivity index (χ4n) is 2.35. The molecule has 3 N–H and O–H groups in total. The molecule has 2 aromatic carbocycles. The van der Waals surface area contributed by atoms with Gasteiger partial charge in [-0.3, -0.25) is 9.59 Å². The SMILES string of the molecule is C[C@@H]([NH2+]CC(=O)Nc1ccc(C(=O)N(C)C)cc1)c1ccc(Cl)cc1. The van der Waals surface area contributed by atoms with Crippen LogP contribution in [0, 0.1) is 0 Å². The highest BCUT2D eigenvalue weighted by Crippen LogP contribution is 2.13. The lowest BCUT2D eigenvalue weighted by Crippen LogP contribution is -2.86. The highest BCUT2D eigenvalue weighted by molar-refractivity contribution is 6.30. The molecule has 2 amide bonds. The Morgan fingerprint density at radius 2 is 1.68 bits per heavy atom. The average molecular weight is 361 g/mol. The van der Waals surface area contributed by atoms with E-state index in [2.05, 4.69) is 5.32 Å². The Morgan fingerprint density at radius 3 is 2.24 bits per heavy atom. The molecule has 2 aromatic rings. The molecule has 0 bridgehead atoms. The second-order valence-electron chi connectivity index (χ2n) is 6.11. The summed E-state index contributed by atoms with van der Waals surface area (Å²) in [6.45, 7) is 2.35. The molecular weight excluding hydrogens is 338 g/mol. The normalized spacial score (nSPS) is 11.7. The molecular formula is C19H23ClN3O2+. The number of halogens is 1. The molecule has 1 atom stereocenters. The molecule has 0 aliphatic rings. The Bertz CT molecular complexity index is 727. The van der Waals surface area contributed by atoms with Gasteiger partial charge in [-0.2, -0.15) is 0 Å². The molecule has 6 heteroatoms. The van der Waals surface area contributed by atoms with Gasteiger partial charge in [-0.1, -0.05) is 23.7 Å². The average Bonchev–Trinajstić information content (AvgIpc) is 2.60. The van der Waals surface area contributed by atoms with Crippen LogP contribution in [0.15, 0.2) is 48.5 Å². The Kier molecular flexibility index (Phi) is 6.56. The summed E-state index contributed by atoms with van der Waals surface area (Å²) in [4.78, 5) is 25.4. The number of rotatable bonds is 6. The summed E-state index contributed by atoms with van der Waals surface area (Å²) in [5, 5.41) is 5.50. The second-order valence-corrected chi connectivity index (χ2v) is 6.54. The van der Waals surface area contributed by atoms with E-state index < -0.39 is 0 Å². The number of amides is 2. The van der Waals surface area contributed by atoms with Gasteiger partial charge in [0.25, 0.3) is 11.8 Å². The molecule has 0 unspecified atom stereocenters. The van der Waals surface area contributed by atoms with E-state index in [1.807, 2.05) is 36.5 Å². The van der Waals surface area contributed by atoms with Gasteiger partial charge in [-0.15, -0.1) is 0 Å². The molecule has 25 heavy (non-hydrogen) atoms. The van der Waals surface area contributed by atoms with Crippen molar-refractivity contribution in [2.24, 2.45) is 0 Å². The van der Waals surface area contributed by atoms with E-state index in [1.165, 1.54) is 4.90 Å². The van der Waals surface area contributed by atoms with Crippen LogP contribution >= 0.6 is 11.6 Å². The van der Waals surface area contributed by atoms with Crippen molar-refractivity contribution < 1.29 is 14.9 Å². The number of hydrogen-bond donors (Lipinski definition) is 2. The van der Waals surface area contributed by atoms with Gasteiger partial charge in [-0.05, 0) is 43.3 Å². The molecule has 0 saturated carbocycles. The zero-order valence-electron chi connectivity index (χ0n) is 14.6. The number of carbonyl (C=O) groups is 2. The molecule has 0 spiro atoms. The molecule has 0 saturated heterocycles. The molecule has 132 valence electrons. The molecule has 2 rings (SSSR count). The molecule has 0 aliphatic heterocycles. The van der Waals surface area contributed by atoms with Gasteiger partial charge in [-0.25, -0.2) is 0 Å². The second kappa shape index (κ2) is 8.65. The maximum absolute atomic E-state index is 12.1. The van der Waals surface area contributed by atoms with Crippen LogP contribution in [0.2, 0.25) is 5.02 Å². The zero-order chi connectivity index (χ0) is 18.4. The van der Waals surface area contributed by atoms with Gasteiger partial charge in [0.1, 0.15) is 6.04 Å². The number of quaternary nitrogens is 1. The van der Waals surface area contributed by atoms with E-state index in [0.29, 0.717) is 22.8 Å². The first-order valence-corrected chi connectivity index (χ1v) is 8.45. The van der Waals surface area contributed by atoms with E-state index in [1.54, 1.807) is 38.4 Å². The fourth-order valence-corrected chi connectivity index (χ4v) is 2.48. The standard InChI is InChI=1S/C19H22ClN3O2/c1-13(14-4-8-16(20)9-5-14)21-12-18(24)22-17-10-6-15(7-11-17)19(25)23(2)3/h4-11,13,21H,12H2,1-3H3,(H,22,24)/p+1/t13-/m1/s1. The smallest absolute Gasteiger partial charge is 0.279 e. The maximum atomic E-state index is 12.1. The van der Waals surface area contributed by atoms with Crippen molar-refractivity contribution >= 4 is 29.1 Å². The third-order valence-electron chi connectivity index (χ3n) is 3.87. The lowest BCUT2D eigenvalue weighted by Gasteiger charge is -2.12. The highest BCUT2D eigenvalue weighted by atomic mass is 35.5. The minimum absolute atomic E-state index is 0.0667. The van der Waals surface area contributed by atoms with Gasteiger partial charge in [0.2, 0.25) is 0 Å². The van der Waals surface area contributed by atoms with Gasteiger partial charge >= 0.3 is 0 Å². The summed E-state index contributed by atoms with van der Waals surface area (Å²) in [7, 11) is 3.41. The number of nitrogens with one attached hydrogen (secondary N) is 1. The van der Waals surface area contributed by atoms with Gasteiger partial charge < -0.3 is 15.5 Å². The third-order valence-corrected chi connectivity index (χ3v) is 4.13. The first-order chi connectivity index (χ1) is 11.9. The number of carbonyl (C=O) groups excluding carboxylic acids is 2. The minimum atomic E-state index is -0.0903. The predicted octanol–water partition coefficient (Wildman–Crippen LogP) is 2.30. The van der Waals surface area contributed by atoms with Gasteiger partial charge in [0.15, 0.2) is 6.54 Å². The van der Waals surface area contributed by atoms with Gasteiger partial charge in [0, 0.05) is 35.9 Å². The van der Waals surface area contributed by atoms with Crippen LogP contribution in [-0.4, -0.2) is 37.4 Å². The van der Waals surface area contributed by atoms with Crippen molar-refractivity contribution in [1.82, 2.24) is 4.90 Å². The zero-order valence-corrected chi connectivity index (χ0v) is 15.4. The van der Waals surface area contributed by atoms with E-state index in [9.17, 15) is 9.59 Å². The number of anilines is 1. The molecule has 0 radical (unpaired) electrons. The van der Waals surface area contributed by atoms with Crippen molar-refractivity contribution in [3.8, 4) is 0 Å². The first-order valence-electron chi connectivity index (χ1n) is 8.07. The lowest BCUT2D eigenvalue weighted by atomic mass is 10.1. The maximum Gasteiger partial charge on any atom is 0.279 e. The van der Waals surface area contributed by atoms with Crippen LogP contribution in [0.5, 0.6) is 0 Å². The van der Waals surface area contributed by atoms with Crippen LogP contribution in [0.3, 0.4) is 0 Å². The van der Waals surface area contributed by atoms with Crippen molar-refractivity contribution in [3.63, 3.8) is 0 Å². The quantitative estimate of drug-likeness (QED) is 0.830. The summed E-state index contributed by atoms with van der Waals surface area (Å²) in [5.74, 6) is -0.157. The van der Waals surface area contributed by atoms with Crippen LogP contribution in [0.4, 0.5) is 5.69 Å². The van der Waals surface area contributed by atoms with E-state index in [-0.39, 0.29) is 17.9 Å². The molecule has 0 aliphatic carbocycles. The monoisotopic (exact) mass is 360 g/mol. The van der Waals surface area contributed by atoms with Crippen LogP contribution in [-0.2, 0) is 4.79 Å². The Balaban J connectivity index is 1.85. The summed E-state index contributed by atoms with van der Waals surface area (Å²) in [5.41, 5.74) is 2.38. The largest absolute Gasteiger partial charge is 0.345 e. The predicted molar refractivity (Wildman–Crippen MR) is 99.7 cm³/mol. The number of nitrogens with zero attached hydrogens (tertiary/aromatic N) is 1. The molecule has 5 nitrogen and oxygen atoms in total. The van der Waals surface area contributed by atoms with Crippen molar-refractivity contribution in [2.45, 2.75) is 13.0 Å². The van der Waals surface area contributed by atoms with E-state index in [4.69, 9.17) is 11.6 Å². The minimum Gasteiger partial charge on any atom is -0.345 e. The van der Waals surface area contributed by atoms with Gasteiger partial charge in [0.05, 0.1) is 0 Å². The van der Waals surface area contributed by atoms with Crippen molar-refractivity contribution in [2.75, 3.05) is 26.0 Å². The topological polar surface area (TPSA) is 66.0 Å². The van der Waals surface area contributed by atoms with E-state index in [0.717, 1.165) is 5.56 Å². The molecule has 0 heterocycles. The van der Waals surface area contributed by atoms with Crippen molar-refractivity contribution in [3.05, 3.63) is 64.7 Å². The summed E-state index contributed by atoms with van der Waals surface area (Å²) in [6.07, 6.45) is 0. The van der Waals surface area contributed by atoms with Crippen LogP contribution in [0.25, 0.3) is 0 Å². The summed E-state index contributed by atoms with van der Waals surface area (Å²) in [6, 6.07) is 14.6. The Hall–Kier alpha value is -2.37. The van der Waals surface area contributed by atoms with Crippen LogP contribution in [0.1, 0.15) is 28.9 Å². The molecule has 0 aromatic heterocycles.